The number of piperidine rings is 1. The second-order valence-electron chi connectivity index (χ2n) is 6.04. The normalized spacial score (nSPS) is 16.8. The number of carbonyl (C=O) groups excluding carboxylic acids is 2. The van der Waals surface area contributed by atoms with Crippen molar-refractivity contribution in [2.45, 2.75) is 32.4 Å². The molecule has 1 heterocycles. The van der Waals surface area contributed by atoms with Gasteiger partial charge in [0.25, 0.3) is 5.91 Å². The minimum Gasteiger partial charge on any atom is -0.452 e. The molecule has 5 heteroatoms. The molecule has 0 aliphatic carbocycles. The third-order valence-corrected chi connectivity index (χ3v) is 4.21. The number of amides is 1. The van der Waals surface area contributed by atoms with Crippen LogP contribution in [0.5, 0.6) is 0 Å². The Kier molecular flexibility index (Phi) is 6.83. The highest BCUT2D eigenvalue weighted by Crippen LogP contribution is 2.19. The summed E-state index contributed by atoms with van der Waals surface area (Å²) < 4.78 is 5.33. The fraction of sp³-hybridized carbons (Fsp3) is 0.474. The maximum absolute atomic E-state index is 12.2. The van der Waals surface area contributed by atoms with Crippen molar-refractivity contribution in [3.63, 3.8) is 0 Å². The molecule has 1 aromatic rings. The maximum Gasteiger partial charge on any atom is 0.309 e. The lowest BCUT2D eigenvalue weighted by molar-refractivity contribution is -0.160. The summed E-state index contributed by atoms with van der Waals surface area (Å²) in [5, 5.41) is 2.78. The van der Waals surface area contributed by atoms with E-state index >= 15 is 0 Å². The van der Waals surface area contributed by atoms with Crippen LogP contribution in [-0.4, -0.2) is 42.5 Å². The smallest absolute Gasteiger partial charge is 0.309 e. The first-order chi connectivity index (χ1) is 11.6. The fourth-order valence-electron chi connectivity index (χ4n) is 2.71. The molecule has 1 atom stereocenters. The molecule has 24 heavy (non-hydrogen) atoms. The summed E-state index contributed by atoms with van der Waals surface area (Å²) in [6.45, 7) is 4.22. The third-order valence-electron chi connectivity index (χ3n) is 4.21. The molecule has 1 aromatic carbocycles. The molecule has 0 unspecified atom stereocenters. The van der Waals surface area contributed by atoms with Crippen LogP contribution < -0.4 is 5.32 Å². The van der Waals surface area contributed by atoms with Crippen molar-refractivity contribution >= 4 is 11.9 Å². The molecule has 1 aliphatic heterocycles. The van der Waals surface area contributed by atoms with Crippen molar-refractivity contribution in [2.24, 2.45) is 5.92 Å². The molecule has 0 radical (unpaired) electrons. The van der Waals surface area contributed by atoms with Gasteiger partial charge in [0, 0.05) is 6.54 Å². The van der Waals surface area contributed by atoms with E-state index in [-0.39, 0.29) is 17.8 Å². The third kappa shape index (κ3) is 5.39. The van der Waals surface area contributed by atoms with E-state index in [1.54, 1.807) is 6.92 Å². The lowest BCUT2D eigenvalue weighted by Crippen LogP contribution is -2.40. The summed E-state index contributed by atoms with van der Waals surface area (Å²) in [4.78, 5) is 26.4. The van der Waals surface area contributed by atoms with Gasteiger partial charge in [-0.15, -0.1) is 6.42 Å². The average molecular weight is 328 g/mol. The van der Waals surface area contributed by atoms with E-state index in [1.165, 1.54) is 0 Å². The van der Waals surface area contributed by atoms with E-state index in [0.717, 1.165) is 31.5 Å². The van der Waals surface area contributed by atoms with Gasteiger partial charge in [-0.25, -0.2) is 0 Å². The predicted octanol–water partition coefficient (Wildman–Crippen LogP) is 1.58. The van der Waals surface area contributed by atoms with Gasteiger partial charge in [0.05, 0.1) is 12.5 Å². The van der Waals surface area contributed by atoms with E-state index in [4.69, 9.17) is 11.2 Å². The molecule has 1 aliphatic rings. The topological polar surface area (TPSA) is 58.6 Å². The van der Waals surface area contributed by atoms with Crippen LogP contribution in [0.4, 0.5) is 0 Å². The molecule has 1 saturated heterocycles. The Hall–Kier alpha value is -2.32. The molecule has 1 N–H and O–H groups in total. The molecule has 5 nitrogen and oxygen atoms in total. The first-order valence-electron chi connectivity index (χ1n) is 8.28. The molecule has 0 aromatic heterocycles. The summed E-state index contributed by atoms with van der Waals surface area (Å²) in [6, 6.07) is 9.61. The second-order valence-corrected chi connectivity index (χ2v) is 6.04. The number of ether oxygens (including phenoxy) is 1. The largest absolute Gasteiger partial charge is 0.452 e. The van der Waals surface area contributed by atoms with Crippen LogP contribution in [0.25, 0.3) is 0 Å². The molecular weight excluding hydrogens is 304 g/mol. The fourth-order valence-corrected chi connectivity index (χ4v) is 2.71. The van der Waals surface area contributed by atoms with Crippen LogP contribution in [0.3, 0.4) is 0 Å². The highest BCUT2D eigenvalue weighted by Gasteiger charge is 2.28. The van der Waals surface area contributed by atoms with Crippen molar-refractivity contribution in [3.8, 4) is 12.3 Å². The van der Waals surface area contributed by atoms with E-state index in [2.05, 4.69) is 16.1 Å². The number of nitrogens with zero attached hydrogens (tertiary/aromatic N) is 1. The lowest BCUT2D eigenvalue weighted by atomic mass is 9.97. The number of benzene rings is 1. The first-order valence-corrected chi connectivity index (χ1v) is 8.28. The van der Waals surface area contributed by atoms with Gasteiger partial charge >= 0.3 is 5.97 Å². The van der Waals surface area contributed by atoms with E-state index in [0.29, 0.717) is 13.1 Å². The molecule has 0 saturated carbocycles. The molecule has 2 rings (SSSR count). The molecule has 1 fully saturated rings. The van der Waals surface area contributed by atoms with Gasteiger partial charge in [0.15, 0.2) is 6.10 Å². The number of nitrogens with one attached hydrogen (secondary N) is 1. The van der Waals surface area contributed by atoms with Crippen molar-refractivity contribution in [1.29, 1.82) is 0 Å². The summed E-state index contributed by atoms with van der Waals surface area (Å²) in [7, 11) is 0. The Balaban J connectivity index is 1.73. The van der Waals surface area contributed by atoms with E-state index in [9.17, 15) is 9.59 Å². The second kappa shape index (κ2) is 9.09. The van der Waals surface area contributed by atoms with Crippen LogP contribution >= 0.6 is 0 Å². The summed E-state index contributed by atoms with van der Waals surface area (Å²) in [6.07, 6.45) is 5.95. The molecule has 1 amide bonds. The Morgan fingerprint density at radius 3 is 2.62 bits per heavy atom. The predicted molar refractivity (Wildman–Crippen MR) is 91.8 cm³/mol. The van der Waals surface area contributed by atoms with Gasteiger partial charge in [-0.2, -0.15) is 0 Å². The van der Waals surface area contributed by atoms with Crippen LogP contribution in [0.1, 0.15) is 25.3 Å². The minimum atomic E-state index is -0.787. The molecule has 0 spiro atoms. The first kappa shape index (κ1) is 18.0. The summed E-state index contributed by atoms with van der Waals surface area (Å²) >= 11 is 0. The van der Waals surface area contributed by atoms with Crippen LogP contribution in [-0.2, 0) is 20.9 Å². The van der Waals surface area contributed by atoms with Crippen molar-refractivity contribution in [1.82, 2.24) is 10.2 Å². The van der Waals surface area contributed by atoms with Crippen LogP contribution in [0.2, 0.25) is 0 Å². The number of hydrogen-bond acceptors (Lipinski definition) is 4. The van der Waals surface area contributed by atoms with Crippen molar-refractivity contribution in [3.05, 3.63) is 35.9 Å². The van der Waals surface area contributed by atoms with Gasteiger partial charge in [0.2, 0.25) is 0 Å². The standard InChI is InChI=1S/C19H24N2O3/c1-3-11-21-12-9-17(10-13-21)19(23)24-15(2)18(22)20-14-16-7-5-4-6-8-16/h1,4-8,15,17H,9-14H2,2H3,(H,20,22)/t15-/m1/s1. The van der Waals surface area contributed by atoms with E-state index in [1.807, 2.05) is 30.3 Å². The summed E-state index contributed by atoms with van der Waals surface area (Å²) in [5.41, 5.74) is 1.00. The maximum atomic E-state index is 12.2. The average Bonchev–Trinajstić information content (AvgIpc) is 2.61. The minimum absolute atomic E-state index is 0.150. The lowest BCUT2D eigenvalue weighted by Gasteiger charge is -2.29. The number of rotatable bonds is 6. The monoisotopic (exact) mass is 328 g/mol. The number of likely N-dealkylation sites (tertiary alicyclic amines) is 1. The van der Waals surface area contributed by atoms with Gasteiger partial charge < -0.3 is 10.1 Å². The molecule has 128 valence electrons. The van der Waals surface area contributed by atoms with Crippen molar-refractivity contribution < 1.29 is 14.3 Å². The number of hydrogen-bond donors (Lipinski definition) is 1. The number of carbonyl (C=O) groups is 2. The number of terminal acetylenes is 1. The van der Waals surface area contributed by atoms with Crippen molar-refractivity contribution in [2.75, 3.05) is 19.6 Å². The van der Waals surface area contributed by atoms with Gasteiger partial charge in [-0.1, -0.05) is 36.3 Å². The summed E-state index contributed by atoms with van der Waals surface area (Å²) in [5.74, 6) is 1.89. The Bertz CT molecular complexity index is 586. The van der Waals surface area contributed by atoms with Crippen LogP contribution in [0.15, 0.2) is 30.3 Å². The zero-order valence-electron chi connectivity index (χ0n) is 14.0. The zero-order valence-corrected chi connectivity index (χ0v) is 14.0. The number of esters is 1. The van der Waals surface area contributed by atoms with E-state index < -0.39 is 6.10 Å². The van der Waals surface area contributed by atoms with Crippen LogP contribution in [0, 0.1) is 18.3 Å². The van der Waals surface area contributed by atoms with Gasteiger partial charge in [-0.3, -0.25) is 14.5 Å². The Labute approximate surface area is 143 Å². The quantitative estimate of drug-likeness (QED) is 0.636. The SMILES string of the molecule is C#CCN1CCC(C(=O)O[C@H](C)C(=O)NCc2ccccc2)CC1. The Morgan fingerprint density at radius 1 is 1.33 bits per heavy atom. The highest BCUT2D eigenvalue weighted by atomic mass is 16.5. The highest BCUT2D eigenvalue weighted by molar-refractivity contribution is 5.83. The van der Waals surface area contributed by atoms with Gasteiger partial charge in [-0.05, 0) is 38.4 Å². The zero-order chi connectivity index (χ0) is 17.4. The van der Waals surface area contributed by atoms with Gasteiger partial charge in [0.1, 0.15) is 0 Å². The Morgan fingerprint density at radius 2 is 2.00 bits per heavy atom. The molecular formula is C19H24N2O3. The molecule has 0 bridgehead atoms.